The maximum absolute atomic E-state index is 5.20. The molecule has 0 aliphatic rings. The van der Waals surface area contributed by atoms with E-state index in [2.05, 4.69) is 150 Å². The first kappa shape index (κ1) is 29.7. The highest BCUT2D eigenvalue weighted by Crippen LogP contribution is 2.35. The molecule has 6 nitrogen and oxygen atoms in total. The molecule has 4 heterocycles. The average molecular weight is 667 g/mol. The number of rotatable bonds is 6. The Morgan fingerprint density at radius 1 is 0.365 bits per heavy atom. The normalized spacial score (nSPS) is 11.5. The summed E-state index contributed by atoms with van der Waals surface area (Å²) in [7, 11) is 0. The Labute approximate surface area is 300 Å². The number of para-hydroxylation sites is 1. The zero-order valence-electron chi connectivity index (χ0n) is 28.0. The molecule has 6 heteroatoms. The Kier molecular flexibility index (Phi) is 7.03. The second-order valence-corrected chi connectivity index (χ2v) is 12.8. The van der Waals surface area contributed by atoms with E-state index in [1.807, 2.05) is 40.9 Å². The lowest BCUT2D eigenvalue weighted by Crippen LogP contribution is -2.06. The van der Waals surface area contributed by atoms with Crippen LogP contribution in [0.4, 0.5) is 0 Å². The van der Waals surface area contributed by atoms with Crippen LogP contribution >= 0.6 is 0 Å². The Morgan fingerprint density at radius 3 is 1.52 bits per heavy atom. The maximum atomic E-state index is 5.20. The third kappa shape index (κ3) is 5.22. The minimum absolute atomic E-state index is 0.553. The van der Waals surface area contributed by atoms with E-state index >= 15 is 0 Å². The van der Waals surface area contributed by atoms with Crippen LogP contribution in [-0.4, -0.2) is 28.9 Å². The molecule has 6 aromatic carbocycles. The van der Waals surface area contributed by atoms with Gasteiger partial charge in [0.2, 0.25) is 5.95 Å². The molecule has 0 saturated carbocycles. The van der Waals surface area contributed by atoms with Crippen molar-refractivity contribution in [2.45, 2.75) is 0 Å². The lowest BCUT2D eigenvalue weighted by atomic mass is 10.0. The van der Waals surface area contributed by atoms with Crippen molar-refractivity contribution in [3.63, 3.8) is 0 Å². The van der Waals surface area contributed by atoms with Crippen LogP contribution in [0.2, 0.25) is 0 Å². The first-order chi connectivity index (χ1) is 25.7. The predicted molar refractivity (Wildman–Crippen MR) is 210 cm³/mol. The van der Waals surface area contributed by atoms with Crippen LogP contribution in [0, 0.1) is 0 Å². The number of aromatic nitrogens is 6. The molecule has 0 N–H and O–H groups in total. The van der Waals surface area contributed by atoms with Gasteiger partial charge in [0.05, 0.1) is 16.7 Å². The van der Waals surface area contributed by atoms with Gasteiger partial charge in [-0.05, 0) is 46.5 Å². The van der Waals surface area contributed by atoms with Crippen LogP contribution in [0.5, 0.6) is 0 Å². The van der Waals surface area contributed by atoms with E-state index in [1.54, 1.807) is 0 Å². The van der Waals surface area contributed by atoms with Crippen molar-refractivity contribution in [2.75, 3.05) is 0 Å². The van der Waals surface area contributed by atoms with Gasteiger partial charge in [-0.3, -0.25) is 4.57 Å². The van der Waals surface area contributed by atoms with Crippen molar-refractivity contribution in [1.29, 1.82) is 0 Å². The van der Waals surface area contributed by atoms with Crippen LogP contribution < -0.4 is 0 Å². The van der Waals surface area contributed by atoms with Crippen LogP contribution in [-0.2, 0) is 0 Å². The first-order valence-electron chi connectivity index (χ1n) is 17.3. The topological polar surface area (TPSA) is 60.9 Å². The van der Waals surface area contributed by atoms with Crippen molar-refractivity contribution in [1.82, 2.24) is 28.9 Å². The molecule has 52 heavy (non-hydrogen) atoms. The van der Waals surface area contributed by atoms with Gasteiger partial charge >= 0.3 is 0 Å². The van der Waals surface area contributed by atoms with Gasteiger partial charge in [0.15, 0.2) is 11.6 Å². The smallest absolute Gasteiger partial charge is 0.238 e. The van der Waals surface area contributed by atoms with E-state index in [9.17, 15) is 0 Å². The van der Waals surface area contributed by atoms with Crippen molar-refractivity contribution >= 4 is 27.5 Å². The van der Waals surface area contributed by atoms with E-state index in [1.165, 1.54) is 0 Å². The van der Waals surface area contributed by atoms with Crippen molar-refractivity contribution < 1.29 is 0 Å². The van der Waals surface area contributed by atoms with Gasteiger partial charge in [0.1, 0.15) is 5.65 Å². The lowest BCUT2D eigenvalue weighted by molar-refractivity contribution is 0.953. The monoisotopic (exact) mass is 666 g/mol. The minimum atomic E-state index is 0.553. The number of hydrogen-bond donors (Lipinski definition) is 0. The third-order valence-electron chi connectivity index (χ3n) is 9.66. The summed E-state index contributed by atoms with van der Waals surface area (Å²) >= 11 is 0. The summed E-state index contributed by atoms with van der Waals surface area (Å²) in [6, 6.07) is 58.7. The van der Waals surface area contributed by atoms with Gasteiger partial charge < -0.3 is 4.40 Å². The molecule has 0 bridgehead atoms. The molecule has 0 fully saturated rings. The number of pyridine rings is 1. The molecular formula is C46H30N6. The second-order valence-electron chi connectivity index (χ2n) is 12.8. The fraction of sp³-hybridized carbons (Fsp3) is 0. The molecule has 0 atom stereocenters. The fourth-order valence-corrected chi connectivity index (χ4v) is 7.03. The Morgan fingerprint density at radius 2 is 0.885 bits per heavy atom. The highest BCUT2D eigenvalue weighted by atomic mass is 15.2. The number of imidazole rings is 1. The van der Waals surface area contributed by atoms with Gasteiger partial charge in [0, 0.05) is 39.9 Å². The number of hydrogen-bond acceptors (Lipinski definition) is 4. The molecule has 0 radical (unpaired) electrons. The Hall–Kier alpha value is -7.18. The number of fused-ring (bicyclic) bond motifs is 4. The van der Waals surface area contributed by atoms with Crippen LogP contribution in [0.1, 0.15) is 0 Å². The van der Waals surface area contributed by atoms with Crippen LogP contribution in [0.15, 0.2) is 182 Å². The summed E-state index contributed by atoms with van der Waals surface area (Å²) < 4.78 is 4.21. The van der Waals surface area contributed by atoms with Gasteiger partial charge in [0.25, 0.3) is 0 Å². The van der Waals surface area contributed by atoms with Gasteiger partial charge in [-0.25, -0.2) is 9.97 Å². The SMILES string of the molecule is c1ccc(-c2ccc(-c3nc(-c4ccc(-c5ccccc5)cc4)nc(-n4c5ccccc5c5ccc(-c6cn7ccccc7n6)cc54)n3)cc2)cc1. The molecule has 10 rings (SSSR count). The standard InChI is InChI=1S/C46H30N6/c1-3-11-31(12-4-1)33-18-22-35(23-19-33)44-48-45(36-24-20-34(21-25-36)32-13-5-2-6-14-32)50-46(49-44)52-41-16-8-7-15-38(41)39-27-26-37(29-42(39)52)40-30-51-28-10-9-17-43(51)47-40/h1-30H. The van der Waals surface area contributed by atoms with Crippen molar-refractivity contribution in [2.24, 2.45) is 0 Å². The summed E-state index contributed by atoms with van der Waals surface area (Å²) in [6.07, 6.45) is 4.09. The summed E-state index contributed by atoms with van der Waals surface area (Å²) in [4.78, 5) is 20.4. The number of benzene rings is 6. The maximum Gasteiger partial charge on any atom is 0.238 e. The summed E-state index contributed by atoms with van der Waals surface area (Å²) in [6.45, 7) is 0. The van der Waals surface area contributed by atoms with E-state index in [-0.39, 0.29) is 0 Å². The molecular weight excluding hydrogens is 637 g/mol. The first-order valence-corrected chi connectivity index (χ1v) is 17.3. The van der Waals surface area contributed by atoms with E-state index in [0.29, 0.717) is 17.6 Å². The summed E-state index contributed by atoms with van der Waals surface area (Å²) in [5.74, 6) is 1.76. The summed E-state index contributed by atoms with van der Waals surface area (Å²) in [5.41, 5.74) is 11.3. The Bertz CT molecular complexity index is 2740. The molecule has 0 spiro atoms. The van der Waals surface area contributed by atoms with Crippen molar-refractivity contribution in [3.05, 3.63) is 182 Å². The van der Waals surface area contributed by atoms with Gasteiger partial charge in [-0.1, -0.05) is 146 Å². The largest absolute Gasteiger partial charge is 0.306 e. The van der Waals surface area contributed by atoms with Crippen LogP contribution in [0.25, 0.3) is 89.7 Å². The quantitative estimate of drug-likeness (QED) is 0.177. The van der Waals surface area contributed by atoms with E-state index in [4.69, 9.17) is 19.9 Å². The highest BCUT2D eigenvalue weighted by molar-refractivity contribution is 6.10. The van der Waals surface area contributed by atoms with E-state index in [0.717, 1.165) is 72.1 Å². The predicted octanol–water partition coefficient (Wildman–Crippen LogP) is 11.0. The van der Waals surface area contributed by atoms with E-state index < -0.39 is 0 Å². The molecule has 0 amide bonds. The minimum Gasteiger partial charge on any atom is -0.306 e. The molecule has 10 aromatic rings. The molecule has 4 aromatic heterocycles. The molecule has 0 saturated heterocycles. The number of nitrogens with zero attached hydrogens (tertiary/aromatic N) is 6. The lowest BCUT2D eigenvalue weighted by Gasteiger charge is -2.12. The zero-order valence-corrected chi connectivity index (χ0v) is 28.0. The van der Waals surface area contributed by atoms with Crippen molar-refractivity contribution in [3.8, 4) is 62.2 Å². The van der Waals surface area contributed by atoms with Gasteiger partial charge in [-0.15, -0.1) is 0 Å². The molecule has 0 aliphatic heterocycles. The highest BCUT2D eigenvalue weighted by Gasteiger charge is 2.19. The molecule has 0 unspecified atom stereocenters. The molecule has 244 valence electrons. The average Bonchev–Trinajstić information content (AvgIpc) is 3.81. The third-order valence-corrected chi connectivity index (χ3v) is 9.66. The summed E-state index contributed by atoms with van der Waals surface area (Å²) in [5, 5.41) is 2.24. The zero-order chi connectivity index (χ0) is 34.4. The molecule has 0 aliphatic carbocycles. The van der Waals surface area contributed by atoms with Crippen LogP contribution in [0.3, 0.4) is 0 Å². The fourth-order valence-electron chi connectivity index (χ4n) is 7.03. The Balaban J connectivity index is 1.17. The van der Waals surface area contributed by atoms with Gasteiger partial charge in [-0.2, -0.15) is 9.97 Å². The second kappa shape index (κ2) is 12.3.